The smallest absolute Gasteiger partial charge is 0.123 e. The molecule has 0 amide bonds. The fourth-order valence-electron chi connectivity index (χ4n) is 1.70. The molecular formula is C12H19NO2S. The standard InChI is InChI=1S/C12H19NO2S/c1-13-11(6-7-16)10-8-9(14-2)4-5-12(10)15-3/h4-5,8,11,13,16H,6-7H2,1-3H3. The van der Waals surface area contributed by atoms with Crippen LogP contribution in [0, 0.1) is 0 Å². The largest absolute Gasteiger partial charge is 0.497 e. The Bertz CT molecular complexity index is 331. The molecule has 0 fully saturated rings. The van der Waals surface area contributed by atoms with Crippen LogP contribution in [0.15, 0.2) is 18.2 Å². The summed E-state index contributed by atoms with van der Waals surface area (Å²) in [6.45, 7) is 0. The second-order valence-electron chi connectivity index (χ2n) is 3.46. The maximum Gasteiger partial charge on any atom is 0.123 e. The van der Waals surface area contributed by atoms with E-state index >= 15 is 0 Å². The van der Waals surface area contributed by atoms with Crippen LogP contribution < -0.4 is 14.8 Å². The van der Waals surface area contributed by atoms with Crippen molar-refractivity contribution in [2.24, 2.45) is 0 Å². The van der Waals surface area contributed by atoms with Crippen molar-refractivity contribution < 1.29 is 9.47 Å². The lowest BCUT2D eigenvalue weighted by Gasteiger charge is -2.19. The summed E-state index contributed by atoms with van der Waals surface area (Å²) >= 11 is 4.26. The SMILES string of the molecule is CNC(CCS)c1cc(OC)ccc1OC. The second-order valence-corrected chi connectivity index (χ2v) is 3.91. The monoisotopic (exact) mass is 241 g/mol. The summed E-state index contributed by atoms with van der Waals surface area (Å²) in [5.41, 5.74) is 1.11. The van der Waals surface area contributed by atoms with E-state index in [1.165, 1.54) is 0 Å². The summed E-state index contributed by atoms with van der Waals surface area (Å²) in [5, 5.41) is 3.26. The first-order valence-corrected chi connectivity index (χ1v) is 5.90. The number of benzene rings is 1. The average molecular weight is 241 g/mol. The van der Waals surface area contributed by atoms with E-state index in [0.29, 0.717) is 0 Å². The molecule has 0 radical (unpaired) electrons. The topological polar surface area (TPSA) is 30.5 Å². The number of ether oxygens (including phenoxy) is 2. The van der Waals surface area contributed by atoms with Gasteiger partial charge in [0.15, 0.2) is 0 Å². The summed E-state index contributed by atoms with van der Waals surface area (Å²) in [6.07, 6.45) is 0.948. The zero-order chi connectivity index (χ0) is 12.0. The Hall–Kier alpha value is -0.870. The van der Waals surface area contributed by atoms with Gasteiger partial charge in [-0.1, -0.05) is 0 Å². The van der Waals surface area contributed by atoms with Crippen molar-refractivity contribution in [3.8, 4) is 11.5 Å². The molecule has 0 bridgehead atoms. The highest BCUT2D eigenvalue weighted by Crippen LogP contribution is 2.30. The number of hydrogen-bond acceptors (Lipinski definition) is 4. The summed E-state index contributed by atoms with van der Waals surface area (Å²) in [5.74, 6) is 2.54. The van der Waals surface area contributed by atoms with Crippen molar-refractivity contribution in [3.63, 3.8) is 0 Å². The molecule has 1 rings (SSSR count). The van der Waals surface area contributed by atoms with E-state index in [4.69, 9.17) is 9.47 Å². The zero-order valence-corrected chi connectivity index (χ0v) is 10.9. The molecule has 1 aromatic rings. The molecule has 0 spiro atoms. The lowest BCUT2D eigenvalue weighted by Crippen LogP contribution is -2.17. The van der Waals surface area contributed by atoms with Crippen molar-refractivity contribution in [3.05, 3.63) is 23.8 Å². The van der Waals surface area contributed by atoms with Gasteiger partial charge in [0.05, 0.1) is 14.2 Å². The Morgan fingerprint density at radius 3 is 2.56 bits per heavy atom. The molecule has 3 nitrogen and oxygen atoms in total. The van der Waals surface area contributed by atoms with Gasteiger partial charge in [-0.3, -0.25) is 0 Å². The van der Waals surface area contributed by atoms with Crippen LogP contribution in [0.1, 0.15) is 18.0 Å². The molecule has 90 valence electrons. The van der Waals surface area contributed by atoms with Gasteiger partial charge in [-0.2, -0.15) is 12.6 Å². The Morgan fingerprint density at radius 1 is 1.31 bits per heavy atom. The summed E-state index contributed by atoms with van der Waals surface area (Å²) in [4.78, 5) is 0. The Morgan fingerprint density at radius 2 is 2.06 bits per heavy atom. The molecule has 0 aliphatic carbocycles. The maximum absolute atomic E-state index is 5.35. The predicted molar refractivity (Wildman–Crippen MR) is 69.8 cm³/mol. The molecule has 1 aromatic carbocycles. The third kappa shape index (κ3) is 3.06. The van der Waals surface area contributed by atoms with E-state index in [1.54, 1.807) is 14.2 Å². The zero-order valence-electron chi connectivity index (χ0n) is 9.99. The van der Waals surface area contributed by atoms with Crippen LogP contribution in [0.2, 0.25) is 0 Å². The van der Waals surface area contributed by atoms with Gasteiger partial charge in [-0.05, 0) is 37.4 Å². The van der Waals surface area contributed by atoms with E-state index in [2.05, 4.69) is 17.9 Å². The maximum atomic E-state index is 5.35. The number of rotatable bonds is 6. The molecule has 1 atom stereocenters. The minimum absolute atomic E-state index is 0.238. The van der Waals surface area contributed by atoms with E-state index in [9.17, 15) is 0 Å². The minimum atomic E-state index is 0.238. The van der Waals surface area contributed by atoms with Crippen LogP contribution >= 0.6 is 12.6 Å². The molecule has 1 N–H and O–H groups in total. The average Bonchev–Trinajstić information content (AvgIpc) is 2.35. The van der Waals surface area contributed by atoms with Crippen molar-refractivity contribution in [1.82, 2.24) is 5.32 Å². The molecular weight excluding hydrogens is 222 g/mol. The number of nitrogens with one attached hydrogen (secondary N) is 1. The number of hydrogen-bond donors (Lipinski definition) is 2. The van der Waals surface area contributed by atoms with Crippen molar-refractivity contribution >= 4 is 12.6 Å². The molecule has 0 saturated carbocycles. The first-order chi connectivity index (χ1) is 7.76. The van der Waals surface area contributed by atoms with Crippen LogP contribution in [-0.4, -0.2) is 27.0 Å². The highest BCUT2D eigenvalue weighted by atomic mass is 32.1. The molecule has 0 heterocycles. The number of methoxy groups -OCH3 is 2. The Labute approximate surface area is 103 Å². The van der Waals surface area contributed by atoms with Crippen molar-refractivity contribution in [1.29, 1.82) is 0 Å². The van der Waals surface area contributed by atoms with Gasteiger partial charge in [-0.15, -0.1) is 0 Å². The lowest BCUT2D eigenvalue weighted by molar-refractivity contribution is 0.391. The fourth-order valence-corrected chi connectivity index (χ4v) is 1.95. The molecule has 0 saturated heterocycles. The summed E-state index contributed by atoms with van der Waals surface area (Å²) in [6, 6.07) is 6.07. The minimum Gasteiger partial charge on any atom is -0.497 e. The van der Waals surface area contributed by atoms with E-state index in [0.717, 1.165) is 29.2 Å². The van der Waals surface area contributed by atoms with Crippen LogP contribution in [0.4, 0.5) is 0 Å². The highest BCUT2D eigenvalue weighted by molar-refractivity contribution is 7.80. The second kappa shape index (κ2) is 6.66. The third-order valence-electron chi connectivity index (χ3n) is 2.58. The first-order valence-electron chi connectivity index (χ1n) is 5.26. The molecule has 0 aliphatic heterocycles. The molecule has 4 heteroatoms. The van der Waals surface area contributed by atoms with Crippen molar-refractivity contribution in [2.75, 3.05) is 27.0 Å². The molecule has 1 unspecified atom stereocenters. The van der Waals surface area contributed by atoms with Gasteiger partial charge in [0, 0.05) is 11.6 Å². The van der Waals surface area contributed by atoms with Gasteiger partial charge in [0.25, 0.3) is 0 Å². The molecule has 16 heavy (non-hydrogen) atoms. The van der Waals surface area contributed by atoms with Crippen LogP contribution in [0.3, 0.4) is 0 Å². The number of thiol groups is 1. The summed E-state index contributed by atoms with van der Waals surface area (Å²) < 4.78 is 10.6. The van der Waals surface area contributed by atoms with Crippen molar-refractivity contribution in [2.45, 2.75) is 12.5 Å². The van der Waals surface area contributed by atoms with Gasteiger partial charge in [0.1, 0.15) is 11.5 Å². The first kappa shape index (κ1) is 13.2. The molecule has 0 aliphatic rings. The Balaban J connectivity index is 3.05. The van der Waals surface area contributed by atoms with Crippen LogP contribution in [0.25, 0.3) is 0 Å². The summed E-state index contributed by atoms with van der Waals surface area (Å²) in [7, 11) is 5.28. The van der Waals surface area contributed by atoms with Gasteiger partial charge in [0.2, 0.25) is 0 Å². The normalized spacial score (nSPS) is 12.2. The lowest BCUT2D eigenvalue weighted by atomic mass is 10.0. The van der Waals surface area contributed by atoms with Gasteiger partial charge in [-0.25, -0.2) is 0 Å². The quantitative estimate of drug-likeness (QED) is 0.749. The van der Waals surface area contributed by atoms with Crippen LogP contribution in [-0.2, 0) is 0 Å². The Kier molecular flexibility index (Phi) is 5.49. The highest BCUT2D eigenvalue weighted by Gasteiger charge is 2.14. The van der Waals surface area contributed by atoms with Crippen LogP contribution in [0.5, 0.6) is 11.5 Å². The van der Waals surface area contributed by atoms with E-state index in [-0.39, 0.29) is 6.04 Å². The van der Waals surface area contributed by atoms with Gasteiger partial charge < -0.3 is 14.8 Å². The van der Waals surface area contributed by atoms with E-state index < -0.39 is 0 Å². The van der Waals surface area contributed by atoms with Gasteiger partial charge >= 0.3 is 0 Å². The third-order valence-corrected chi connectivity index (χ3v) is 2.84. The predicted octanol–water partition coefficient (Wildman–Crippen LogP) is 2.28. The fraction of sp³-hybridized carbons (Fsp3) is 0.500. The van der Waals surface area contributed by atoms with E-state index in [1.807, 2.05) is 25.2 Å². The molecule has 0 aromatic heterocycles.